The summed E-state index contributed by atoms with van der Waals surface area (Å²) in [5.41, 5.74) is 3.31. The third-order valence-corrected chi connectivity index (χ3v) is 3.01. The van der Waals surface area contributed by atoms with Crippen molar-refractivity contribution in [3.05, 3.63) is 29.8 Å². The van der Waals surface area contributed by atoms with Gasteiger partial charge in [0.2, 0.25) is 0 Å². The summed E-state index contributed by atoms with van der Waals surface area (Å²) in [6, 6.07) is 2.43. The quantitative estimate of drug-likeness (QED) is 0.883. The van der Waals surface area contributed by atoms with E-state index in [1.807, 2.05) is 28.6 Å². The third kappa shape index (κ3) is 2.55. The van der Waals surface area contributed by atoms with Crippen LogP contribution in [0.5, 0.6) is 0 Å². The van der Waals surface area contributed by atoms with Crippen LogP contribution in [0.25, 0.3) is 0 Å². The predicted molar refractivity (Wildman–Crippen MR) is 72.6 cm³/mol. The zero-order valence-electron chi connectivity index (χ0n) is 11.5. The number of aryl methyl sites for hydroxylation is 2. The molecule has 0 saturated heterocycles. The summed E-state index contributed by atoms with van der Waals surface area (Å²) < 4.78 is 3.98. The van der Waals surface area contributed by atoms with Crippen molar-refractivity contribution in [2.45, 2.75) is 46.8 Å². The predicted octanol–water partition coefficient (Wildman–Crippen LogP) is 2.60. The van der Waals surface area contributed by atoms with Crippen LogP contribution in [0.15, 0.2) is 18.5 Å². The molecule has 0 radical (unpaired) electrons. The van der Waals surface area contributed by atoms with Crippen molar-refractivity contribution in [3.63, 3.8) is 0 Å². The number of anilines is 1. The van der Waals surface area contributed by atoms with Crippen LogP contribution < -0.4 is 5.32 Å². The molecule has 0 atom stereocenters. The zero-order chi connectivity index (χ0) is 13.1. The van der Waals surface area contributed by atoms with Crippen molar-refractivity contribution >= 4 is 5.69 Å². The Balaban J connectivity index is 2.06. The van der Waals surface area contributed by atoms with E-state index in [1.165, 1.54) is 5.69 Å². The van der Waals surface area contributed by atoms with Crippen molar-refractivity contribution in [1.29, 1.82) is 0 Å². The van der Waals surface area contributed by atoms with E-state index in [0.29, 0.717) is 6.04 Å². The minimum Gasteiger partial charge on any atom is -0.377 e. The molecule has 1 N–H and O–H groups in total. The summed E-state index contributed by atoms with van der Waals surface area (Å²) in [4.78, 5) is 0. The number of nitrogens with one attached hydrogen (secondary N) is 1. The van der Waals surface area contributed by atoms with Gasteiger partial charge in [-0.2, -0.15) is 10.2 Å². The molecular formula is C13H21N5. The molecule has 2 heterocycles. The molecule has 5 heteroatoms. The number of hydrogen-bond acceptors (Lipinski definition) is 3. The fourth-order valence-corrected chi connectivity index (χ4v) is 1.90. The second-order valence-corrected chi connectivity index (χ2v) is 4.69. The first-order chi connectivity index (χ1) is 8.61. The standard InChI is InChI=1S/C13H21N5/c1-5-17-12(6-7-15-17)8-14-13-9-18(10(2)3)16-11(13)4/h6-7,9-10,14H,5,8H2,1-4H3. The van der Waals surface area contributed by atoms with Crippen LogP contribution in [0.3, 0.4) is 0 Å². The molecule has 0 saturated carbocycles. The fraction of sp³-hybridized carbons (Fsp3) is 0.538. The van der Waals surface area contributed by atoms with Crippen molar-refractivity contribution in [3.8, 4) is 0 Å². The molecule has 0 aromatic carbocycles. The van der Waals surface area contributed by atoms with E-state index in [1.54, 1.807) is 0 Å². The Kier molecular flexibility index (Phi) is 3.69. The number of hydrogen-bond donors (Lipinski definition) is 1. The van der Waals surface area contributed by atoms with Gasteiger partial charge in [0.1, 0.15) is 0 Å². The first kappa shape index (κ1) is 12.7. The normalized spacial score (nSPS) is 11.2. The molecule has 0 aliphatic heterocycles. The minimum absolute atomic E-state index is 0.389. The SMILES string of the molecule is CCn1nccc1CNc1cn(C(C)C)nc1C. The highest BCUT2D eigenvalue weighted by atomic mass is 15.3. The average Bonchev–Trinajstić information content (AvgIpc) is 2.92. The molecule has 5 nitrogen and oxygen atoms in total. The maximum atomic E-state index is 4.48. The van der Waals surface area contributed by atoms with Crippen LogP contribution in [0.4, 0.5) is 5.69 Å². The molecule has 0 amide bonds. The molecule has 18 heavy (non-hydrogen) atoms. The highest BCUT2D eigenvalue weighted by molar-refractivity contribution is 5.45. The van der Waals surface area contributed by atoms with E-state index >= 15 is 0 Å². The lowest BCUT2D eigenvalue weighted by atomic mass is 10.3. The van der Waals surface area contributed by atoms with Crippen molar-refractivity contribution in [2.24, 2.45) is 0 Å². The summed E-state index contributed by atoms with van der Waals surface area (Å²) in [6.07, 6.45) is 3.90. The Hall–Kier alpha value is -1.78. The summed E-state index contributed by atoms with van der Waals surface area (Å²) in [7, 11) is 0. The van der Waals surface area contributed by atoms with Gasteiger partial charge in [-0.3, -0.25) is 9.36 Å². The van der Waals surface area contributed by atoms with Crippen LogP contribution >= 0.6 is 0 Å². The lowest BCUT2D eigenvalue weighted by Crippen LogP contribution is -2.08. The van der Waals surface area contributed by atoms with Gasteiger partial charge in [0.15, 0.2) is 0 Å². The molecule has 0 spiro atoms. The van der Waals surface area contributed by atoms with E-state index in [2.05, 4.69) is 42.5 Å². The van der Waals surface area contributed by atoms with Gasteiger partial charge in [0.25, 0.3) is 0 Å². The number of nitrogens with zero attached hydrogens (tertiary/aromatic N) is 4. The smallest absolute Gasteiger partial charge is 0.0825 e. The molecule has 2 aromatic rings. The Bertz CT molecular complexity index is 509. The van der Waals surface area contributed by atoms with Gasteiger partial charge in [0.05, 0.1) is 23.6 Å². The third-order valence-electron chi connectivity index (χ3n) is 3.01. The van der Waals surface area contributed by atoms with Gasteiger partial charge in [-0.15, -0.1) is 0 Å². The Morgan fingerprint density at radius 3 is 2.78 bits per heavy atom. The van der Waals surface area contributed by atoms with Gasteiger partial charge in [-0.05, 0) is 33.8 Å². The van der Waals surface area contributed by atoms with Gasteiger partial charge in [-0.25, -0.2) is 0 Å². The van der Waals surface area contributed by atoms with Crippen molar-refractivity contribution in [2.75, 3.05) is 5.32 Å². The molecule has 2 rings (SSSR count). The molecular weight excluding hydrogens is 226 g/mol. The zero-order valence-corrected chi connectivity index (χ0v) is 11.5. The van der Waals surface area contributed by atoms with Gasteiger partial charge in [0, 0.05) is 25.0 Å². The van der Waals surface area contributed by atoms with Crippen molar-refractivity contribution < 1.29 is 0 Å². The lowest BCUT2D eigenvalue weighted by Gasteiger charge is -2.07. The average molecular weight is 247 g/mol. The van der Waals surface area contributed by atoms with Crippen molar-refractivity contribution in [1.82, 2.24) is 19.6 Å². The number of aromatic nitrogens is 4. The van der Waals surface area contributed by atoms with Gasteiger partial charge >= 0.3 is 0 Å². The molecule has 0 fully saturated rings. The highest BCUT2D eigenvalue weighted by Crippen LogP contribution is 2.16. The lowest BCUT2D eigenvalue weighted by molar-refractivity contribution is 0.529. The van der Waals surface area contributed by atoms with E-state index in [-0.39, 0.29) is 0 Å². The van der Waals surface area contributed by atoms with E-state index in [0.717, 1.165) is 24.5 Å². The molecule has 0 aliphatic rings. The van der Waals surface area contributed by atoms with E-state index in [4.69, 9.17) is 0 Å². The highest BCUT2D eigenvalue weighted by Gasteiger charge is 2.07. The minimum atomic E-state index is 0.389. The molecule has 2 aromatic heterocycles. The molecule has 0 bridgehead atoms. The van der Waals surface area contributed by atoms with E-state index in [9.17, 15) is 0 Å². The summed E-state index contributed by atoms with van der Waals surface area (Å²) in [5, 5.41) is 12.2. The molecule has 0 unspecified atom stereocenters. The Morgan fingerprint density at radius 2 is 2.17 bits per heavy atom. The fourth-order valence-electron chi connectivity index (χ4n) is 1.90. The van der Waals surface area contributed by atoms with Crippen LogP contribution in [0.2, 0.25) is 0 Å². The maximum absolute atomic E-state index is 4.48. The maximum Gasteiger partial charge on any atom is 0.0825 e. The largest absolute Gasteiger partial charge is 0.377 e. The second kappa shape index (κ2) is 5.25. The number of rotatable bonds is 5. The second-order valence-electron chi connectivity index (χ2n) is 4.69. The van der Waals surface area contributed by atoms with Gasteiger partial charge < -0.3 is 5.32 Å². The Labute approximate surface area is 108 Å². The topological polar surface area (TPSA) is 47.7 Å². The van der Waals surface area contributed by atoms with E-state index < -0.39 is 0 Å². The molecule has 0 aliphatic carbocycles. The van der Waals surface area contributed by atoms with Crippen LogP contribution in [-0.4, -0.2) is 19.6 Å². The summed E-state index contributed by atoms with van der Waals surface area (Å²) in [6.45, 7) is 10.0. The monoisotopic (exact) mass is 247 g/mol. The van der Waals surface area contributed by atoms with Crippen LogP contribution in [0.1, 0.15) is 38.2 Å². The first-order valence-electron chi connectivity index (χ1n) is 6.42. The van der Waals surface area contributed by atoms with Crippen LogP contribution in [0, 0.1) is 6.92 Å². The Morgan fingerprint density at radius 1 is 1.39 bits per heavy atom. The summed E-state index contributed by atoms with van der Waals surface area (Å²) in [5.74, 6) is 0. The first-order valence-corrected chi connectivity index (χ1v) is 6.42. The van der Waals surface area contributed by atoms with Gasteiger partial charge in [-0.1, -0.05) is 0 Å². The summed E-state index contributed by atoms with van der Waals surface area (Å²) >= 11 is 0. The molecule has 98 valence electrons. The van der Waals surface area contributed by atoms with Crippen LogP contribution in [-0.2, 0) is 13.1 Å².